The van der Waals surface area contributed by atoms with Crippen LogP contribution in [0.4, 0.5) is 11.4 Å². The lowest BCUT2D eigenvalue weighted by Crippen LogP contribution is -2.16. The van der Waals surface area contributed by atoms with Crippen molar-refractivity contribution >= 4 is 17.3 Å². The molecule has 3 N–H and O–H groups in total. The van der Waals surface area contributed by atoms with Crippen molar-refractivity contribution in [3.05, 3.63) is 48.0 Å². The summed E-state index contributed by atoms with van der Waals surface area (Å²) in [5.41, 5.74) is 7.41. The number of nitrogen functional groups attached to an aromatic ring is 1. The minimum absolute atomic E-state index is 0.166. The van der Waals surface area contributed by atoms with Gasteiger partial charge in [-0.05, 0) is 49.2 Å². The third-order valence-corrected chi connectivity index (χ3v) is 4.09. The van der Waals surface area contributed by atoms with E-state index in [1.807, 2.05) is 0 Å². The molecule has 132 valence electrons. The fourth-order valence-electron chi connectivity index (χ4n) is 2.63. The molecule has 0 saturated carbocycles. The first-order valence-electron chi connectivity index (χ1n) is 8.25. The quantitative estimate of drug-likeness (QED) is 0.788. The summed E-state index contributed by atoms with van der Waals surface area (Å²) >= 11 is 0. The number of nitrogens with one attached hydrogen (secondary N) is 1. The summed E-state index contributed by atoms with van der Waals surface area (Å²) in [6, 6.07) is 12.1. The van der Waals surface area contributed by atoms with E-state index >= 15 is 0 Å². The number of benzene rings is 2. The van der Waals surface area contributed by atoms with Crippen molar-refractivity contribution in [3.8, 4) is 11.5 Å². The molecule has 1 aliphatic rings. The van der Waals surface area contributed by atoms with Gasteiger partial charge in [0.15, 0.2) is 0 Å². The smallest absolute Gasteiger partial charge is 0.255 e. The zero-order valence-corrected chi connectivity index (χ0v) is 14.2. The Morgan fingerprint density at radius 2 is 2.00 bits per heavy atom. The Morgan fingerprint density at radius 3 is 2.68 bits per heavy atom. The van der Waals surface area contributed by atoms with Crippen molar-refractivity contribution in [1.82, 2.24) is 0 Å². The highest BCUT2D eigenvalue weighted by Crippen LogP contribution is 2.25. The van der Waals surface area contributed by atoms with Crippen LogP contribution in [0.5, 0.6) is 11.5 Å². The summed E-state index contributed by atoms with van der Waals surface area (Å²) in [5.74, 6) is 1.10. The molecular formula is C19H22N2O4. The zero-order chi connectivity index (χ0) is 17.6. The Hall–Kier alpha value is -2.73. The average Bonchev–Trinajstić information content (AvgIpc) is 3.16. The number of carbonyl (C=O) groups excluding carboxylic acids is 1. The van der Waals surface area contributed by atoms with Gasteiger partial charge in [-0.15, -0.1) is 0 Å². The number of rotatable bonds is 6. The molecule has 1 aliphatic heterocycles. The van der Waals surface area contributed by atoms with E-state index in [2.05, 4.69) is 5.32 Å². The SMILES string of the molecule is COc1ccc(N)c(NC(=O)c2ccc(OCC3CCCO3)cc2)c1. The van der Waals surface area contributed by atoms with E-state index < -0.39 is 0 Å². The first-order valence-corrected chi connectivity index (χ1v) is 8.25. The van der Waals surface area contributed by atoms with Gasteiger partial charge < -0.3 is 25.3 Å². The second-order valence-electron chi connectivity index (χ2n) is 5.88. The molecule has 6 heteroatoms. The maximum atomic E-state index is 12.4. The van der Waals surface area contributed by atoms with E-state index in [-0.39, 0.29) is 12.0 Å². The number of carbonyl (C=O) groups is 1. The third kappa shape index (κ3) is 4.42. The molecule has 0 aromatic heterocycles. The summed E-state index contributed by atoms with van der Waals surface area (Å²) < 4.78 is 16.4. The molecule has 1 atom stereocenters. The van der Waals surface area contributed by atoms with E-state index in [1.165, 1.54) is 0 Å². The number of anilines is 2. The van der Waals surface area contributed by atoms with Crippen molar-refractivity contribution < 1.29 is 19.0 Å². The highest BCUT2D eigenvalue weighted by molar-refractivity contribution is 6.05. The molecule has 1 heterocycles. The molecule has 0 radical (unpaired) electrons. The van der Waals surface area contributed by atoms with Gasteiger partial charge in [-0.3, -0.25) is 4.79 Å². The Kier molecular flexibility index (Phi) is 5.40. The molecule has 3 rings (SSSR count). The number of hydrogen-bond acceptors (Lipinski definition) is 5. The second-order valence-corrected chi connectivity index (χ2v) is 5.88. The molecule has 1 unspecified atom stereocenters. The zero-order valence-electron chi connectivity index (χ0n) is 14.2. The largest absolute Gasteiger partial charge is 0.497 e. The fraction of sp³-hybridized carbons (Fsp3) is 0.316. The van der Waals surface area contributed by atoms with Crippen molar-refractivity contribution in [2.45, 2.75) is 18.9 Å². The molecule has 0 bridgehead atoms. The first kappa shape index (κ1) is 17.1. The van der Waals surface area contributed by atoms with E-state index in [4.69, 9.17) is 19.9 Å². The average molecular weight is 342 g/mol. The van der Waals surface area contributed by atoms with Gasteiger partial charge in [0.2, 0.25) is 0 Å². The minimum atomic E-state index is -0.245. The van der Waals surface area contributed by atoms with E-state index in [0.29, 0.717) is 35.0 Å². The van der Waals surface area contributed by atoms with Crippen LogP contribution in [0, 0.1) is 0 Å². The number of hydrogen-bond donors (Lipinski definition) is 2. The molecule has 1 amide bonds. The highest BCUT2D eigenvalue weighted by atomic mass is 16.5. The Bertz CT molecular complexity index is 725. The van der Waals surface area contributed by atoms with Gasteiger partial charge in [0, 0.05) is 18.2 Å². The number of amides is 1. The molecule has 25 heavy (non-hydrogen) atoms. The van der Waals surface area contributed by atoms with Crippen molar-refractivity contribution in [3.63, 3.8) is 0 Å². The Morgan fingerprint density at radius 1 is 1.24 bits per heavy atom. The summed E-state index contributed by atoms with van der Waals surface area (Å²) in [5, 5.41) is 2.79. The van der Waals surface area contributed by atoms with Crippen molar-refractivity contribution in [2.75, 3.05) is 31.4 Å². The number of ether oxygens (including phenoxy) is 3. The van der Waals surface area contributed by atoms with Crippen LogP contribution in [-0.2, 0) is 4.74 Å². The molecule has 2 aromatic rings. The van der Waals surface area contributed by atoms with Crippen LogP contribution in [0.15, 0.2) is 42.5 Å². The van der Waals surface area contributed by atoms with Gasteiger partial charge >= 0.3 is 0 Å². The molecular weight excluding hydrogens is 320 g/mol. The van der Waals surface area contributed by atoms with E-state index in [1.54, 1.807) is 49.6 Å². The van der Waals surface area contributed by atoms with Crippen LogP contribution in [0.1, 0.15) is 23.2 Å². The van der Waals surface area contributed by atoms with Gasteiger partial charge in [0.1, 0.15) is 18.1 Å². The highest BCUT2D eigenvalue weighted by Gasteiger charge is 2.16. The maximum Gasteiger partial charge on any atom is 0.255 e. The van der Waals surface area contributed by atoms with Crippen LogP contribution in [-0.4, -0.2) is 32.3 Å². The predicted molar refractivity (Wildman–Crippen MR) is 96.3 cm³/mol. The molecule has 1 saturated heterocycles. The van der Waals surface area contributed by atoms with E-state index in [9.17, 15) is 4.79 Å². The Balaban J connectivity index is 1.60. The summed E-state index contributed by atoms with van der Waals surface area (Å²) in [6.45, 7) is 1.34. The molecule has 0 spiro atoms. The normalized spacial score (nSPS) is 16.4. The van der Waals surface area contributed by atoms with Crippen LogP contribution in [0.3, 0.4) is 0 Å². The van der Waals surface area contributed by atoms with Crippen LogP contribution < -0.4 is 20.5 Å². The number of nitrogens with two attached hydrogens (primary N) is 1. The molecule has 2 aromatic carbocycles. The molecule has 1 fully saturated rings. The van der Waals surface area contributed by atoms with E-state index in [0.717, 1.165) is 19.4 Å². The van der Waals surface area contributed by atoms with Crippen LogP contribution in [0.2, 0.25) is 0 Å². The number of methoxy groups -OCH3 is 1. The lowest BCUT2D eigenvalue weighted by Gasteiger charge is -2.12. The van der Waals surface area contributed by atoms with Gasteiger partial charge in [-0.2, -0.15) is 0 Å². The summed E-state index contributed by atoms with van der Waals surface area (Å²) in [6.07, 6.45) is 2.28. The topological polar surface area (TPSA) is 82.8 Å². The van der Waals surface area contributed by atoms with Crippen molar-refractivity contribution in [1.29, 1.82) is 0 Å². The Labute approximate surface area is 146 Å². The molecule has 6 nitrogen and oxygen atoms in total. The lowest BCUT2D eigenvalue weighted by atomic mass is 10.2. The third-order valence-electron chi connectivity index (χ3n) is 4.09. The van der Waals surface area contributed by atoms with Crippen LogP contribution in [0.25, 0.3) is 0 Å². The standard InChI is InChI=1S/C19H22N2O4/c1-23-15-8-9-17(20)18(11-15)21-19(22)13-4-6-14(7-5-13)25-12-16-3-2-10-24-16/h4-9,11,16H,2-3,10,12,20H2,1H3,(H,21,22). The second kappa shape index (κ2) is 7.90. The lowest BCUT2D eigenvalue weighted by molar-refractivity contribution is 0.0679. The van der Waals surface area contributed by atoms with Crippen LogP contribution >= 0.6 is 0 Å². The van der Waals surface area contributed by atoms with Gasteiger partial charge in [-0.25, -0.2) is 0 Å². The van der Waals surface area contributed by atoms with Crippen molar-refractivity contribution in [2.24, 2.45) is 0 Å². The monoisotopic (exact) mass is 342 g/mol. The fourth-order valence-corrected chi connectivity index (χ4v) is 2.63. The maximum absolute atomic E-state index is 12.4. The molecule has 0 aliphatic carbocycles. The summed E-state index contributed by atoms with van der Waals surface area (Å²) in [7, 11) is 1.56. The first-order chi connectivity index (χ1) is 12.2. The predicted octanol–water partition coefficient (Wildman–Crippen LogP) is 3.09. The van der Waals surface area contributed by atoms with Gasteiger partial charge in [-0.1, -0.05) is 0 Å². The minimum Gasteiger partial charge on any atom is -0.497 e. The summed E-state index contributed by atoms with van der Waals surface area (Å²) in [4.78, 5) is 12.4. The van der Waals surface area contributed by atoms with Gasteiger partial charge in [0.05, 0.1) is 24.6 Å². The van der Waals surface area contributed by atoms with Gasteiger partial charge in [0.25, 0.3) is 5.91 Å².